The van der Waals surface area contributed by atoms with Crippen molar-refractivity contribution in [2.24, 2.45) is 5.92 Å². The summed E-state index contributed by atoms with van der Waals surface area (Å²) < 4.78 is 5.63. The number of ether oxygens (including phenoxy) is 1. The Morgan fingerprint density at radius 2 is 2.14 bits per heavy atom. The van der Waals surface area contributed by atoms with E-state index in [1.54, 1.807) is 0 Å². The van der Waals surface area contributed by atoms with Crippen molar-refractivity contribution in [3.63, 3.8) is 0 Å². The molecule has 0 aliphatic carbocycles. The maximum atomic E-state index is 9.98. The van der Waals surface area contributed by atoms with Crippen molar-refractivity contribution in [3.05, 3.63) is 0 Å². The van der Waals surface area contributed by atoms with Crippen LogP contribution in [0.3, 0.4) is 0 Å². The molecule has 1 aliphatic rings. The third kappa shape index (κ3) is 3.56. The SMILES string of the molecule is CN(C)C[C@H](O)[C@@H]1CCOC(C)(C)C1. The quantitative estimate of drug-likeness (QED) is 0.742. The molecule has 1 saturated heterocycles. The summed E-state index contributed by atoms with van der Waals surface area (Å²) in [7, 11) is 3.99. The molecule has 0 bridgehead atoms. The van der Waals surface area contributed by atoms with Crippen molar-refractivity contribution >= 4 is 0 Å². The van der Waals surface area contributed by atoms with E-state index in [4.69, 9.17) is 4.74 Å². The van der Waals surface area contributed by atoms with Gasteiger partial charge in [0, 0.05) is 13.2 Å². The van der Waals surface area contributed by atoms with E-state index in [1.165, 1.54) is 0 Å². The molecule has 0 aromatic heterocycles. The average Bonchev–Trinajstić information content (AvgIpc) is 2.01. The monoisotopic (exact) mass is 201 g/mol. The van der Waals surface area contributed by atoms with Crippen LogP contribution >= 0.6 is 0 Å². The van der Waals surface area contributed by atoms with Crippen molar-refractivity contribution in [1.29, 1.82) is 0 Å². The minimum Gasteiger partial charge on any atom is -0.392 e. The second-order valence-corrected chi connectivity index (χ2v) is 5.19. The van der Waals surface area contributed by atoms with Crippen LogP contribution in [-0.4, -0.2) is 49.0 Å². The summed E-state index contributed by atoms with van der Waals surface area (Å²) in [5, 5.41) is 9.98. The second kappa shape index (κ2) is 4.60. The van der Waals surface area contributed by atoms with Crippen molar-refractivity contribution in [2.75, 3.05) is 27.2 Å². The van der Waals surface area contributed by atoms with Gasteiger partial charge >= 0.3 is 0 Å². The zero-order chi connectivity index (χ0) is 10.8. The number of nitrogens with zero attached hydrogens (tertiary/aromatic N) is 1. The molecule has 0 spiro atoms. The fraction of sp³-hybridized carbons (Fsp3) is 1.00. The highest BCUT2D eigenvalue weighted by Crippen LogP contribution is 2.30. The molecule has 0 saturated carbocycles. The highest BCUT2D eigenvalue weighted by molar-refractivity contribution is 4.83. The Bertz CT molecular complexity index is 180. The van der Waals surface area contributed by atoms with Gasteiger partial charge in [-0.25, -0.2) is 0 Å². The standard InChI is InChI=1S/C11H23NO2/c1-11(2)7-9(5-6-14-11)10(13)8-12(3)4/h9-10,13H,5-8H2,1-4H3/t9-,10+/m1/s1. The Hall–Kier alpha value is -0.120. The lowest BCUT2D eigenvalue weighted by Crippen LogP contribution is -2.41. The number of likely N-dealkylation sites (N-methyl/N-ethyl adjacent to an activating group) is 1. The van der Waals surface area contributed by atoms with Gasteiger partial charge in [-0.15, -0.1) is 0 Å². The van der Waals surface area contributed by atoms with Crippen molar-refractivity contribution < 1.29 is 9.84 Å². The number of aliphatic hydroxyl groups is 1. The van der Waals surface area contributed by atoms with Gasteiger partial charge in [0.15, 0.2) is 0 Å². The molecule has 2 atom stereocenters. The van der Waals surface area contributed by atoms with Gasteiger partial charge in [-0.2, -0.15) is 0 Å². The van der Waals surface area contributed by atoms with Crippen molar-refractivity contribution in [2.45, 2.75) is 38.4 Å². The van der Waals surface area contributed by atoms with Crippen molar-refractivity contribution in [1.82, 2.24) is 4.90 Å². The van der Waals surface area contributed by atoms with Crippen LogP contribution in [0.15, 0.2) is 0 Å². The minimum absolute atomic E-state index is 0.0593. The third-order valence-electron chi connectivity index (χ3n) is 2.83. The first-order valence-electron chi connectivity index (χ1n) is 5.37. The van der Waals surface area contributed by atoms with E-state index in [0.717, 1.165) is 26.0 Å². The lowest BCUT2D eigenvalue weighted by molar-refractivity contribution is -0.0972. The predicted octanol–water partition coefficient (Wildman–Crippen LogP) is 1.11. The summed E-state index contributed by atoms with van der Waals surface area (Å²) in [5.74, 6) is 0.390. The van der Waals surface area contributed by atoms with Crippen LogP contribution in [0.1, 0.15) is 26.7 Å². The second-order valence-electron chi connectivity index (χ2n) is 5.19. The first-order chi connectivity index (χ1) is 6.41. The van der Waals surface area contributed by atoms with Crippen LogP contribution in [-0.2, 0) is 4.74 Å². The summed E-state index contributed by atoms with van der Waals surface area (Å²) in [4.78, 5) is 2.03. The zero-order valence-electron chi connectivity index (χ0n) is 9.79. The van der Waals surface area contributed by atoms with E-state index >= 15 is 0 Å². The van der Waals surface area contributed by atoms with E-state index < -0.39 is 0 Å². The average molecular weight is 201 g/mol. The highest BCUT2D eigenvalue weighted by atomic mass is 16.5. The smallest absolute Gasteiger partial charge is 0.0696 e. The molecular weight excluding hydrogens is 178 g/mol. The van der Waals surface area contributed by atoms with E-state index in [9.17, 15) is 5.11 Å². The predicted molar refractivity (Wildman–Crippen MR) is 57.3 cm³/mol. The van der Waals surface area contributed by atoms with E-state index in [2.05, 4.69) is 13.8 Å². The third-order valence-corrected chi connectivity index (χ3v) is 2.83. The van der Waals surface area contributed by atoms with Crippen LogP contribution in [0.2, 0.25) is 0 Å². The van der Waals surface area contributed by atoms with Crippen molar-refractivity contribution in [3.8, 4) is 0 Å². The van der Waals surface area contributed by atoms with Gasteiger partial charge < -0.3 is 14.7 Å². The number of rotatable bonds is 3. The van der Waals surface area contributed by atoms with E-state index in [0.29, 0.717) is 5.92 Å². The lowest BCUT2D eigenvalue weighted by Gasteiger charge is -2.38. The summed E-state index contributed by atoms with van der Waals surface area (Å²) in [5.41, 5.74) is -0.0593. The first-order valence-corrected chi connectivity index (χ1v) is 5.37. The molecule has 84 valence electrons. The largest absolute Gasteiger partial charge is 0.392 e. The van der Waals surface area contributed by atoms with Crippen LogP contribution < -0.4 is 0 Å². The van der Waals surface area contributed by atoms with Crippen LogP contribution in [0.5, 0.6) is 0 Å². The molecule has 0 radical (unpaired) electrons. The molecule has 1 aliphatic heterocycles. The van der Waals surface area contributed by atoms with Gasteiger partial charge in [0.05, 0.1) is 11.7 Å². The fourth-order valence-electron chi connectivity index (χ4n) is 2.13. The molecule has 0 amide bonds. The normalized spacial score (nSPS) is 29.1. The van der Waals surface area contributed by atoms with Gasteiger partial charge in [0.25, 0.3) is 0 Å². The molecule has 0 unspecified atom stereocenters. The van der Waals surface area contributed by atoms with E-state index in [-0.39, 0.29) is 11.7 Å². The highest BCUT2D eigenvalue weighted by Gasteiger charge is 2.32. The number of aliphatic hydroxyl groups excluding tert-OH is 1. The van der Waals surface area contributed by atoms with Crippen LogP contribution in [0.25, 0.3) is 0 Å². The minimum atomic E-state index is -0.215. The molecule has 0 aromatic carbocycles. The van der Waals surface area contributed by atoms with Gasteiger partial charge in [-0.1, -0.05) is 0 Å². The maximum Gasteiger partial charge on any atom is 0.0696 e. The molecule has 1 rings (SSSR count). The molecule has 3 nitrogen and oxygen atoms in total. The number of hydrogen-bond donors (Lipinski definition) is 1. The summed E-state index contributed by atoms with van der Waals surface area (Å²) >= 11 is 0. The van der Waals surface area contributed by atoms with Gasteiger partial charge in [0.1, 0.15) is 0 Å². The molecule has 1 fully saturated rings. The molecular formula is C11H23NO2. The first kappa shape index (κ1) is 12.0. The van der Waals surface area contributed by atoms with Gasteiger partial charge in [0.2, 0.25) is 0 Å². The van der Waals surface area contributed by atoms with Crippen LogP contribution in [0, 0.1) is 5.92 Å². The number of hydrogen-bond acceptors (Lipinski definition) is 3. The molecule has 1 heterocycles. The summed E-state index contributed by atoms with van der Waals surface area (Å²) in [6.45, 7) is 5.73. The Morgan fingerprint density at radius 3 is 2.64 bits per heavy atom. The maximum absolute atomic E-state index is 9.98. The van der Waals surface area contributed by atoms with Crippen LogP contribution in [0.4, 0.5) is 0 Å². The Labute approximate surface area is 87.1 Å². The molecule has 0 aromatic rings. The molecule has 14 heavy (non-hydrogen) atoms. The van der Waals surface area contributed by atoms with E-state index in [1.807, 2.05) is 19.0 Å². The Morgan fingerprint density at radius 1 is 1.50 bits per heavy atom. The Kier molecular flexibility index (Phi) is 3.93. The fourth-order valence-corrected chi connectivity index (χ4v) is 2.13. The zero-order valence-corrected chi connectivity index (χ0v) is 9.79. The molecule has 3 heteroatoms. The summed E-state index contributed by atoms with van der Waals surface area (Å²) in [6.07, 6.45) is 1.73. The van der Waals surface area contributed by atoms with Gasteiger partial charge in [-0.3, -0.25) is 0 Å². The Balaban J connectivity index is 2.43. The van der Waals surface area contributed by atoms with Gasteiger partial charge in [-0.05, 0) is 46.7 Å². The summed E-state index contributed by atoms with van der Waals surface area (Å²) in [6, 6.07) is 0. The molecule has 1 N–H and O–H groups in total. The lowest BCUT2D eigenvalue weighted by atomic mass is 9.84. The topological polar surface area (TPSA) is 32.7 Å².